The number of thiophene rings is 1. The third kappa shape index (κ3) is 4.61. The molecule has 0 saturated carbocycles. The molecule has 0 radical (unpaired) electrons. The van der Waals surface area contributed by atoms with Gasteiger partial charge < -0.3 is 13.9 Å². The normalized spacial score (nSPS) is 13.8. The molecule has 0 atom stereocenters. The lowest BCUT2D eigenvalue weighted by Gasteiger charge is -2.18. The molecule has 1 aromatic carbocycles. The molecule has 0 spiro atoms. The van der Waals surface area contributed by atoms with Crippen molar-refractivity contribution in [2.75, 3.05) is 18.1 Å². The van der Waals surface area contributed by atoms with Gasteiger partial charge in [0.15, 0.2) is 11.5 Å². The molecule has 4 rings (SSSR count). The average Bonchev–Trinajstić information content (AvgIpc) is 3.55. The van der Waals surface area contributed by atoms with Crippen LogP contribution in [0.15, 0.2) is 46.4 Å². The maximum atomic E-state index is 13.0. The number of carbonyl (C=O) groups excluding carboxylic acids is 3. The van der Waals surface area contributed by atoms with Crippen LogP contribution in [0.1, 0.15) is 32.4 Å². The lowest BCUT2D eigenvalue weighted by molar-refractivity contribution is -0.139. The first-order chi connectivity index (χ1) is 16.0. The molecule has 0 unspecified atom stereocenters. The van der Waals surface area contributed by atoms with Gasteiger partial charge in [-0.05, 0) is 36.4 Å². The van der Waals surface area contributed by atoms with E-state index in [1.165, 1.54) is 23.7 Å². The van der Waals surface area contributed by atoms with E-state index in [-0.39, 0.29) is 12.2 Å². The summed E-state index contributed by atoms with van der Waals surface area (Å²) in [5.74, 6) is -0.553. The molecule has 3 aromatic rings. The fraction of sp³-hybridized carbons (Fsp3) is 0.304. The highest BCUT2D eigenvalue weighted by molar-refractivity contribution is 7.13. The smallest absolute Gasteiger partial charge is 0.339 e. The maximum absolute atomic E-state index is 13.0. The summed E-state index contributed by atoms with van der Waals surface area (Å²) in [5, 5.41) is 1.89. The van der Waals surface area contributed by atoms with E-state index in [1.807, 2.05) is 31.4 Å². The number of oxazole rings is 1. The third-order valence-electron chi connectivity index (χ3n) is 4.77. The van der Waals surface area contributed by atoms with Gasteiger partial charge in [0.25, 0.3) is 0 Å². The lowest BCUT2D eigenvalue weighted by atomic mass is 10.2. The van der Waals surface area contributed by atoms with Gasteiger partial charge in [0, 0.05) is 6.07 Å². The van der Waals surface area contributed by atoms with Gasteiger partial charge in [-0.1, -0.05) is 19.9 Å². The van der Waals surface area contributed by atoms with Crippen molar-refractivity contribution in [2.24, 2.45) is 0 Å². The Morgan fingerprint density at radius 3 is 2.45 bits per heavy atom. The summed E-state index contributed by atoms with van der Waals surface area (Å²) in [7, 11) is 0. The van der Waals surface area contributed by atoms with Crippen molar-refractivity contribution in [1.82, 2.24) is 9.88 Å². The van der Waals surface area contributed by atoms with Crippen LogP contribution in [0.2, 0.25) is 0 Å². The van der Waals surface area contributed by atoms with Gasteiger partial charge in [0.1, 0.15) is 6.26 Å². The monoisotopic (exact) mass is 469 g/mol. The summed E-state index contributed by atoms with van der Waals surface area (Å²) in [5.41, 5.74) is 0.597. The van der Waals surface area contributed by atoms with Gasteiger partial charge in [-0.3, -0.25) is 9.59 Å². The predicted molar refractivity (Wildman–Crippen MR) is 121 cm³/mol. The Bertz CT molecular complexity index is 1160. The van der Waals surface area contributed by atoms with Crippen LogP contribution in [0.4, 0.5) is 10.5 Å². The predicted octanol–water partition coefficient (Wildman–Crippen LogP) is 4.48. The van der Waals surface area contributed by atoms with Gasteiger partial charge in [-0.15, -0.1) is 11.3 Å². The molecule has 0 N–H and O–H groups in total. The van der Waals surface area contributed by atoms with Crippen LogP contribution in [0, 0.1) is 0 Å². The highest BCUT2D eigenvalue weighted by Gasteiger charge is 2.46. The van der Waals surface area contributed by atoms with E-state index in [0.717, 1.165) is 27.5 Å². The standard InChI is InChI=1S/C23H23N3O6S/c1-3-9-30-17-8-7-16(12-18(17)31-10-4-2)26-22(28)21(27)25(23(26)29)13-15-14-32-20(24-15)19-6-5-11-33-19/h5-8,11-12,14H,3-4,9-10,13H2,1-2H3. The molecular formula is C23H23N3O6S. The van der Waals surface area contributed by atoms with E-state index < -0.39 is 17.8 Å². The molecule has 4 amide bonds. The number of benzene rings is 1. The van der Waals surface area contributed by atoms with E-state index >= 15 is 0 Å². The summed E-state index contributed by atoms with van der Waals surface area (Å²) < 4.78 is 16.9. The van der Waals surface area contributed by atoms with E-state index in [9.17, 15) is 14.4 Å². The Labute approximate surface area is 194 Å². The minimum absolute atomic E-state index is 0.175. The van der Waals surface area contributed by atoms with Gasteiger partial charge in [0.2, 0.25) is 5.89 Å². The average molecular weight is 470 g/mol. The second-order valence-electron chi connectivity index (χ2n) is 7.26. The fourth-order valence-electron chi connectivity index (χ4n) is 3.22. The SMILES string of the molecule is CCCOc1ccc(N2C(=O)C(=O)N(Cc3coc(-c4cccs4)n3)C2=O)cc1OCCC. The van der Waals surface area contributed by atoms with Crippen molar-refractivity contribution in [1.29, 1.82) is 0 Å². The molecule has 1 aliphatic rings. The number of nitrogens with zero attached hydrogens (tertiary/aromatic N) is 3. The molecule has 2 aromatic heterocycles. The van der Waals surface area contributed by atoms with E-state index in [4.69, 9.17) is 13.9 Å². The van der Waals surface area contributed by atoms with Gasteiger partial charge >= 0.3 is 17.8 Å². The highest BCUT2D eigenvalue weighted by atomic mass is 32.1. The molecule has 9 nitrogen and oxygen atoms in total. The maximum Gasteiger partial charge on any atom is 0.339 e. The van der Waals surface area contributed by atoms with Crippen LogP contribution in [0.5, 0.6) is 11.5 Å². The number of carbonyl (C=O) groups is 3. The third-order valence-corrected chi connectivity index (χ3v) is 5.62. The minimum atomic E-state index is -0.939. The van der Waals surface area contributed by atoms with Crippen molar-refractivity contribution in [3.05, 3.63) is 47.7 Å². The zero-order valence-corrected chi connectivity index (χ0v) is 19.1. The molecule has 0 aliphatic carbocycles. The summed E-state index contributed by atoms with van der Waals surface area (Å²) >= 11 is 1.46. The number of ether oxygens (including phenoxy) is 2. The number of aromatic nitrogens is 1. The summed E-state index contributed by atoms with van der Waals surface area (Å²) in [4.78, 5) is 45.2. The van der Waals surface area contributed by atoms with Crippen molar-refractivity contribution in [3.8, 4) is 22.3 Å². The highest BCUT2D eigenvalue weighted by Crippen LogP contribution is 2.34. The van der Waals surface area contributed by atoms with E-state index in [0.29, 0.717) is 36.3 Å². The van der Waals surface area contributed by atoms with E-state index in [1.54, 1.807) is 12.1 Å². The van der Waals surface area contributed by atoms with Crippen molar-refractivity contribution in [3.63, 3.8) is 0 Å². The molecule has 1 saturated heterocycles. The molecule has 172 valence electrons. The number of amides is 4. The molecule has 33 heavy (non-hydrogen) atoms. The topological polar surface area (TPSA) is 102 Å². The van der Waals surface area contributed by atoms with Gasteiger partial charge in [-0.25, -0.2) is 19.6 Å². The first-order valence-electron chi connectivity index (χ1n) is 10.6. The van der Waals surface area contributed by atoms with Gasteiger partial charge in [0.05, 0.1) is 36.0 Å². The van der Waals surface area contributed by atoms with Crippen LogP contribution in [-0.4, -0.2) is 40.9 Å². The largest absolute Gasteiger partial charge is 0.490 e. The molecule has 1 fully saturated rings. The van der Waals surface area contributed by atoms with Gasteiger partial charge in [-0.2, -0.15) is 0 Å². The number of imide groups is 2. The summed E-state index contributed by atoms with van der Waals surface area (Å²) in [6, 6.07) is 7.69. The van der Waals surface area contributed by atoms with Crippen LogP contribution < -0.4 is 14.4 Å². The number of anilines is 1. The molecular weight excluding hydrogens is 446 g/mol. The van der Waals surface area contributed by atoms with Crippen molar-refractivity contribution >= 4 is 34.9 Å². The quantitative estimate of drug-likeness (QED) is 0.319. The zero-order chi connectivity index (χ0) is 23.4. The second-order valence-corrected chi connectivity index (χ2v) is 8.21. The molecule has 0 bridgehead atoms. The fourth-order valence-corrected chi connectivity index (χ4v) is 3.88. The van der Waals surface area contributed by atoms with Crippen LogP contribution >= 0.6 is 11.3 Å². The van der Waals surface area contributed by atoms with Crippen LogP contribution in [-0.2, 0) is 16.1 Å². The Balaban J connectivity index is 1.56. The Kier molecular flexibility index (Phi) is 6.74. The lowest BCUT2D eigenvalue weighted by Crippen LogP contribution is -2.33. The Morgan fingerprint density at radius 1 is 1.00 bits per heavy atom. The molecule has 1 aliphatic heterocycles. The van der Waals surface area contributed by atoms with Crippen LogP contribution in [0.3, 0.4) is 0 Å². The molecule has 10 heteroatoms. The summed E-state index contributed by atoms with van der Waals surface area (Å²) in [6.07, 6.45) is 2.97. The first-order valence-corrected chi connectivity index (χ1v) is 11.5. The Morgan fingerprint density at radius 2 is 1.76 bits per heavy atom. The minimum Gasteiger partial charge on any atom is -0.490 e. The van der Waals surface area contributed by atoms with Crippen molar-refractivity contribution in [2.45, 2.75) is 33.2 Å². The first kappa shape index (κ1) is 22.5. The number of hydrogen-bond acceptors (Lipinski definition) is 8. The second kappa shape index (κ2) is 9.86. The number of hydrogen-bond donors (Lipinski definition) is 0. The molecule has 3 heterocycles. The van der Waals surface area contributed by atoms with E-state index in [2.05, 4.69) is 4.98 Å². The number of rotatable bonds is 10. The van der Waals surface area contributed by atoms with Crippen LogP contribution in [0.25, 0.3) is 10.8 Å². The zero-order valence-electron chi connectivity index (χ0n) is 18.3. The van der Waals surface area contributed by atoms with Crippen molar-refractivity contribution < 1.29 is 28.3 Å². The number of urea groups is 1. The Hall–Kier alpha value is -3.66. The summed E-state index contributed by atoms with van der Waals surface area (Å²) in [6.45, 7) is 4.72.